The van der Waals surface area contributed by atoms with Gasteiger partial charge in [0, 0.05) is 19.1 Å². The summed E-state index contributed by atoms with van der Waals surface area (Å²) >= 11 is 6.12. The van der Waals surface area contributed by atoms with Gasteiger partial charge in [-0.2, -0.15) is 4.98 Å². The molecule has 2 N–H and O–H groups in total. The topological polar surface area (TPSA) is 61.3 Å². The van der Waals surface area contributed by atoms with Crippen molar-refractivity contribution < 1.29 is 5.11 Å². The monoisotopic (exact) mass is 256 g/mol. The summed E-state index contributed by atoms with van der Waals surface area (Å²) in [4.78, 5) is 10.6. The maximum Gasteiger partial charge on any atom is 0.224 e. The molecule has 2 rings (SSSR count). The molecule has 0 aliphatic heterocycles. The predicted molar refractivity (Wildman–Crippen MR) is 68.7 cm³/mol. The molecule has 1 aromatic heterocycles. The number of aliphatic hydroxyl groups excluding tert-OH is 1. The molecule has 1 heterocycles. The minimum absolute atomic E-state index is 0.105. The van der Waals surface area contributed by atoms with Gasteiger partial charge in [0.25, 0.3) is 0 Å². The highest BCUT2D eigenvalue weighted by atomic mass is 35.5. The molecule has 0 radical (unpaired) electrons. The molecule has 0 atom stereocenters. The van der Waals surface area contributed by atoms with Crippen LogP contribution in [0.15, 0.2) is 6.20 Å². The molecule has 1 fully saturated rings. The Morgan fingerprint density at radius 1 is 1.59 bits per heavy atom. The lowest BCUT2D eigenvalue weighted by Crippen LogP contribution is -2.30. The molecule has 1 saturated carbocycles. The van der Waals surface area contributed by atoms with Gasteiger partial charge in [-0.3, -0.25) is 0 Å². The first-order valence-corrected chi connectivity index (χ1v) is 6.28. The number of anilines is 2. The molecule has 1 aliphatic carbocycles. The number of halogens is 1. The molecule has 0 bridgehead atoms. The van der Waals surface area contributed by atoms with E-state index in [1.165, 1.54) is 0 Å². The van der Waals surface area contributed by atoms with Gasteiger partial charge < -0.3 is 15.3 Å². The van der Waals surface area contributed by atoms with Crippen molar-refractivity contribution in [3.63, 3.8) is 0 Å². The SMILES string of the molecule is CCNc1ncc(Cl)c(N(CCO)C2CC2)n1. The first-order chi connectivity index (χ1) is 8.26. The van der Waals surface area contributed by atoms with Crippen LogP contribution in [0.5, 0.6) is 0 Å². The van der Waals surface area contributed by atoms with Gasteiger partial charge in [-0.1, -0.05) is 11.6 Å². The number of hydrogen-bond donors (Lipinski definition) is 2. The molecule has 17 heavy (non-hydrogen) atoms. The van der Waals surface area contributed by atoms with E-state index in [0.717, 1.165) is 19.4 Å². The van der Waals surface area contributed by atoms with Gasteiger partial charge in [0.05, 0.1) is 12.8 Å². The lowest BCUT2D eigenvalue weighted by Gasteiger charge is -2.23. The van der Waals surface area contributed by atoms with Crippen LogP contribution in [0, 0.1) is 0 Å². The number of aliphatic hydroxyl groups is 1. The van der Waals surface area contributed by atoms with E-state index in [1.54, 1.807) is 6.20 Å². The molecule has 1 aromatic rings. The summed E-state index contributed by atoms with van der Waals surface area (Å²) in [5.74, 6) is 1.30. The third-order valence-electron chi connectivity index (χ3n) is 2.66. The Bertz CT molecular complexity index is 384. The van der Waals surface area contributed by atoms with Gasteiger partial charge >= 0.3 is 0 Å². The second-order valence-corrected chi connectivity index (χ2v) is 4.45. The molecule has 94 valence electrons. The van der Waals surface area contributed by atoms with Crippen LogP contribution in [0.1, 0.15) is 19.8 Å². The third kappa shape index (κ3) is 2.98. The Labute approximate surface area is 106 Å². The highest BCUT2D eigenvalue weighted by Crippen LogP contribution is 2.34. The minimum atomic E-state index is 0.105. The Morgan fingerprint density at radius 2 is 2.35 bits per heavy atom. The van der Waals surface area contributed by atoms with Crippen LogP contribution >= 0.6 is 11.6 Å². The predicted octanol–water partition coefficient (Wildman–Crippen LogP) is 1.52. The van der Waals surface area contributed by atoms with E-state index in [2.05, 4.69) is 20.2 Å². The van der Waals surface area contributed by atoms with Crippen LogP contribution in [0.25, 0.3) is 0 Å². The van der Waals surface area contributed by atoms with Crippen LogP contribution < -0.4 is 10.2 Å². The molecule has 0 amide bonds. The van der Waals surface area contributed by atoms with Crippen molar-refractivity contribution in [3.8, 4) is 0 Å². The summed E-state index contributed by atoms with van der Waals surface area (Å²) in [6.45, 7) is 3.43. The minimum Gasteiger partial charge on any atom is -0.395 e. The number of nitrogens with zero attached hydrogens (tertiary/aromatic N) is 3. The first-order valence-electron chi connectivity index (χ1n) is 5.90. The smallest absolute Gasteiger partial charge is 0.224 e. The number of rotatable bonds is 6. The van der Waals surface area contributed by atoms with Crippen molar-refractivity contribution in [3.05, 3.63) is 11.2 Å². The maximum absolute atomic E-state index is 9.09. The Kier molecular flexibility index (Phi) is 4.02. The van der Waals surface area contributed by atoms with Crippen LogP contribution in [-0.2, 0) is 0 Å². The van der Waals surface area contributed by atoms with E-state index in [1.807, 2.05) is 6.92 Å². The van der Waals surface area contributed by atoms with Gasteiger partial charge in [-0.25, -0.2) is 4.98 Å². The van der Waals surface area contributed by atoms with Gasteiger partial charge in [0.2, 0.25) is 5.95 Å². The molecule has 0 unspecified atom stereocenters. The average Bonchev–Trinajstić information content (AvgIpc) is 3.13. The largest absolute Gasteiger partial charge is 0.395 e. The number of hydrogen-bond acceptors (Lipinski definition) is 5. The molecule has 0 spiro atoms. The summed E-state index contributed by atoms with van der Waals surface area (Å²) in [5, 5.41) is 12.7. The summed E-state index contributed by atoms with van der Waals surface area (Å²) in [7, 11) is 0. The van der Waals surface area contributed by atoms with Crippen LogP contribution in [0.2, 0.25) is 5.02 Å². The van der Waals surface area contributed by atoms with Crippen LogP contribution in [0.3, 0.4) is 0 Å². The Hall–Kier alpha value is -1.07. The summed E-state index contributed by atoms with van der Waals surface area (Å²) in [6.07, 6.45) is 3.88. The van der Waals surface area contributed by atoms with E-state index in [9.17, 15) is 0 Å². The van der Waals surface area contributed by atoms with E-state index in [4.69, 9.17) is 16.7 Å². The van der Waals surface area contributed by atoms with Crippen molar-refractivity contribution >= 4 is 23.4 Å². The fraction of sp³-hybridized carbons (Fsp3) is 0.636. The van der Waals surface area contributed by atoms with E-state index in [-0.39, 0.29) is 6.61 Å². The molecule has 1 aliphatic rings. The van der Waals surface area contributed by atoms with Gasteiger partial charge in [-0.15, -0.1) is 0 Å². The fourth-order valence-electron chi connectivity index (χ4n) is 1.76. The zero-order chi connectivity index (χ0) is 12.3. The van der Waals surface area contributed by atoms with Crippen LogP contribution in [-0.4, -0.2) is 40.8 Å². The zero-order valence-electron chi connectivity index (χ0n) is 9.86. The van der Waals surface area contributed by atoms with E-state index in [0.29, 0.717) is 29.4 Å². The van der Waals surface area contributed by atoms with Crippen molar-refractivity contribution in [2.75, 3.05) is 29.9 Å². The highest BCUT2D eigenvalue weighted by Gasteiger charge is 2.31. The Balaban J connectivity index is 2.23. The maximum atomic E-state index is 9.09. The third-order valence-corrected chi connectivity index (χ3v) is 2.93. The summed E-state index contributed by atoms with van der Waals surface area (Å²) < 4.78 is 0. The lowest BCUT2D eigenvalue weighted by molar-refractivity contribution is 0.301. The van der Waals surface area contributed by atoms with Crippen molar-refractivity contribution in [1.82, 2.24) is 9.97 Å². The molecule has 5 nitrogen and oxygen atoms in total. The average molecular weight is 257 g/mol. The Morgan fingerprint density at radius 3 is 2.94 bits per heavy atom. The van der Waals surface area contributed by atoms with Crippen LogP contribution in [0.4, 0.5) is 11.8 Å². The number of aromatic nitrogens is 2. The molecular formula is C11H17ClN4O. The number of nitrogens with one attached hydrogen (secondary N) is 1. The zero-order valence-corrected chi connectivity index (χ0v) is 10.6. The molecule has 0 aromatic carbocycles. The van der Waals surface area contributed by atoms with Gasteiger partial charge in [0.15, 0.2) is 5.82 Å². The molecule has 6 heteroatoms. The standard InChI is InChI=1S/C11H17ClN4O/c1-2-13-11-14-7-9(12)10(15-11)16(5-6-17)8-3-4-8/h7-8,17H,2-6H2,1H3,(H,13,14,15). The second kappa shape index (κ2) is 5.51. The molecular weight excluding hydrogens is 240 g/mol. The van der Waals surface area contributed by atoms with Crippen molar-refractivity contribution in [1.29, 1.82) is 0 Å². The van der Waals surface area contributed by atoms with E-state index < -0.39 is 0 Å². The first kappa shape index (κ1) is 12.4. The van der Waals surface area contributed by atoms with E-state index >= 15 is 0 Å². The lowest BCUT2D eigenvalue weighted by atomic mass is 10.4. The highest BCUT2D eigenvalue weighted by molar-refractivity contribution is 6.32. The normalized spacial score (nSPS) is 14.8. The van der Waals surface area contributed by atoms with Gasteiger partial charge in [-0.05, 0) is 19.8 Å². The van der Waals surface area contributed by atoms with Gasteiger partial charge in [0.1, 0.15) is 5.02 Å². The molecule has 0 saturated heterocycles. The quantitative estimate of drug-likeness (QED) is 0.808. The van der Waals surface area contributed by atoms with Crippen molar-refractivity contribution in [2.24, 2.45) is 0 Å². The summed E-state index contributed by atoms with van der Waals surface area (Å²) in [5.41, 5.74) is 0. The van der Waals surface area contributed by atoms with Crippen molar-refractivity contribution in [2.45, 2.75) is 25.8 Å². The second-order valence-electron chi connectivity index (χ2n) is 4.04. The summed E-state index contributed by atoms with van der Waals surface area (Å²) in [6, 6.07) is 0.462. The fourth-order valence-corrected chi connectivity index (χ4v) is 1.96.